The lowest BCUT2D eigenvalue weighted by Gasteiger charge is -2.45. The summed E-state index contributed by atoms with van der Waals surface area (Å²) < 4.78 is 19.5. The number of rotatable bonds is 2. The predicted molar refractivity (Wildman–Crippen MR) is 76.2 cm³/mol. The summed E-state index contributed by atoms with van der Waals surface area (Å²) in [6, 6.07) is 4.47. The van der Waals surface area contributed by atoms with Gasteiger partial charge in [-0.25, -0.2) is 4.39 Å². The average molecular weight is 278 g/mol. The van der Waals surface area contributed by atoms with Gasteiger partial charge in [0.1, 0.15) is 17.2 Å². The van der Waals surface area contributed by atoms with Crippen LogP contribution in [-0.2, 0) is 0 Å². The lowest BCUT2D eigenvalue weighted by Crippen LogP contribution is -2.44. The molecule has 0 amide bonds. The van der Waals surface area contributed by atoms with E-state index < -0.39 is 6.10 Å². The van der Waals surface area contributed by atoms with E-state index in [0.29, 0.717) is 17.7 Å². The van der Waals surface area contributed by atoms with Crippen LogP contribution in [0.5, 0.6) is 5.75 Å². The number of hydrogen-bond donors (Lipinski definition) is 1. The minimum atomic E-state index is -0.600. The van der Waals surface area contributed by atoms with Crippen LogP contribution in [0.2, 0.25) is 0 Å². The SMILES string of the molecule is CCCC1CCC2(CC1)CC(O)c1cc(F)ccc1O2. The highest BCUT2D eigenvalue weighted by molar-refractivity contribution is 5.38. The van der Waals surface area contributed by atoms with Gasteiger partial charge >= 0.3 is 0 Å². The molecule has 0 aromatic heterocycles. The highest BCUT2D eigenvalue weighted by Gasteiger charge is 2.43. The molecule has 1 aromatic carbocycles. The van der Waals surface area contributed by atoms with Crippen LogP contribution in [0.1, 0.15) is 63.5 Å². The van der Waals surface area contributed by atoms with Gasteiger partial charge in [0.05, 0.1) is 6.10 Å². The Morgan fingerprint density at radius 1 is 1.35 bits per heavy atom. The van der Waals surface area contributed by atoms with Crippen LogP contribution in [0, 0.1) is 11.7 Å². The topological polar surface area (TPSA) is 29.5 Å². The Morgan fingerprint density at radius 3 is 2.80 bits per heavy atom. The number of hydrogen-bond acceptors (Lipinski definition) is 2. The molecule has 1 spiro atoms. The van der Waals surface area contributed by atoms with Gasteiger partial charge in [-0.05, 0) is 49.8 Å². The van der Waals surface area contributed by atoms with Gasteiger partial charge in [-0.15, -0.1) is 0 Å². The number of fused-ring (bicyclic) bond motifs is 1. The van der Waals surface area contributed by atoms with Crippen molar-refractivity contribution in [1.82, 2.24) is 0 Å². The minimum Gasteiger partial charge on any atom is -0.487 e. The van der Waals surface area contributed by atoms with E-state index in [2.05, 4.69) is 6.92 Å². The van der Waals surface area contributed by atoms with Crippen LogP contribution < -0.4 is 4.74 Å². The zero-order valence-electron chi connectivity index (χ0n) is 12.1. The van der Waals surface area contributed by atoms with Crippen LogP contribution in [0.3, 0.4) is 0 Å². The summed E-state index contributed by atoms with van der Waals surface area (Å²) in [5, 5.41) is 10.3. The quantitative estimate of drug-likeness (QED) is 0.870. The van der Waals surface area contributed by atoms with Gasteiger partial charge in [-0.3, -0.25) is 0 Å². The third kappa shape index (κ3) is 2.56. The number of halogens is 1. The fourth-order valence-electron chi connectivity index (χ4n) is 3.82. The molecule has 1 saturated carbocycles. The predicted octanol–water partition coefficient (Wildman–Crippen LogP) is 4.37. The maximum atomic E-state index is 13.3. The maximum absolute atomic E-state index is 13.3. The van der Waals surface area contributed by atoms with E-state index in [-0.39, 0.29) is 11.4 Å². The van der Waals surface area contributed by atoms with E-state index in [0.717, 1.165) is 18.8 Å². The standard InChI is InChI=1S/C17H23FO2/c1-2-3-12-6-8-17(9-7-12)11-15(19)14-10-13(18)4-5-16(14)20-17/h4-5,10,12,15,19H,2-3,6-9,11H2,1H3. The maximum Gasteiger partial charge on any atom is 0.126 e. The van der Waals surface area contributed by atoms with Crippen LogP contribution >= 0.6 is 0 Å². The molecule has 1 unspecified atom stereocenters. The lowest BCUT2D eigenvalue weighted by atomic mass is 9.73. The molecular formula is C17H23FO2. The van der Waals surface area contributed by atoms with Crippen LogP contribution in [-0.4, -0.2) is 10.7 Å². The molecule has 110 valence electrons. The Kier molecular flexibility index (Phi) is 3.72. The Morgan fingerprint density at radius 2 is 2.10 bits per heavy atom. The van der Waals surface area contributed by atoms with E-state index in [1.807, 2.05) is 0 Å². The second kappa shape index (κ2) is 5.36. The van der Waals surface area contributed by atoms with E-state index in [1.54, 1.807) is 6.07 Å². The smallest absolute Gasteiger partial charge is 0.126 e. The van der Waals surface area contributed by atoms with Gasteiger partial charge in [0.2, 0.25) is 0 Å². The largest absolute Gasteiger partial charge is 0.487 e. The third-order valence-corrected chi connectivity index (χ3v) is 4.94. The first-order valence-corrected chi connectivity index (χ1v) is 7.78. The van der Waals surface area contributed by atoms with Crippen LogP contribution in [0.15, 0.2) is 18.2 Å². The zero-order valence-corrected chi connectivity index (χ0v) is 12.1. The molecule has 1 aromatic rings. The first-order chi connectivity index (χ1) is 9.62. The number of aliphatic hydroxyl groups is 1. The summed E-state index contributed by atoms with van der Waals surface area (Å²) in [6.07, 6.45) is 6.90. The fourth-order valence-corrected chi connectivity index (χ4v) is 3.82. The minimum absolute atomic E-state index is 0.228. The van der Waals surface area contributed by atoms with Gasteiger partial charge in [-0.2, -0.15) is 0 Å². The van der Waals surface area contributed by atoms with Crippen molar-refractivity contribution in [3.63, 3.8) is 0 Å². The van der Waals surface area contributed by atoms with Crippen molar-refractivity contribution < 1.29 is 14.2 Å². The second-order valence-corrected chi connectivity index (χ2v) is 6.42. The molecule has 1 heterocycles. The molecule has 0 bridgehead atoms. The second-order valence-electron chi connectivity index (χ2n) is 6.42. The summed E-state index contributed by atoms with van der Waals surface area (Å²) in [6.45, 7) is 2.23. The zero-order chi connectivity index (χ0) is 14.2. The first-order valence-electron chi connectivity index (χ1n) is 7.78. The monoisotopic (exact) mass is 278 g/mol. The molecule has 1 aliphatic carbocycles. The van der Waals surface area contributed by atoms with E-state index >= 15 is 0 Å². The summed E-state index contributed by atoms with van der Waals surface area (Å²) in [5.41, 5.74) is 0.375. The molecule has 1 aliphatic heterocycles. The molecule has 20 heavy (non-hydrogen) atoms. The molecule has 0 radical (unpaired) electrons. The Bertz CT molecular complexity index is 478. The van der Waals surface area contributed by atoms with Crippen LogP contribution in [0.25, 0.3) is 0 Å². The lowest BCUT2D eigenvalue weighted by molar-refractivity contribution is -0.0476. The molecule has 2 nitrogen and oxygen atoms in total. The Hall–Kier alpha value is -1.09. The van der Waals surface area contributed by atoms with Crippen molar-refractivity contribution >= 4 is 0 Å². The first kappa shape index (κ1) is 13.9. The van der Waals surface area contributed by atoms with Crippen molar-refractivity contribution in [3.05, 3.63) is 29.6 Å². The van der Waals surface area contributed by atoms with Crippen molar-refractivity contribution in [2.45, 2.75) is 63.6 Å². The van der Waals surface area contributed by atoms with Crippen LogP contribution in [0.4, 0.5) is 4.39 Å². The molecule has 2 aliphatic rings. The number of aliphatic hydroxyl groups excluding tert-OH is 1. The van der Waals surface area contributed by atoms with Crippen molar-refractivity contribution in [3.8, 4) is 5.75 Å². The summed E-state index contributed by atoms with van der Waals surface area (Å²) >= 11 is 0. The van der Waals surface area contributed by atoms with E-state index in [1.165, 1.54) is 37.8 Å². The summed E-state index contributed by atoms with van der Waals surface area (Å²) in [5.74, 6) is 1.16. The van der Waals surface area contributed by atoms with Crippen molar-refractivity contribution in [2.24, 2.45) is 5.92 Å². The highest BCUT2D eigenvalue weighted by atomic mass is 19.1. The average Bonchev–Trinajstić information content (AvgIpc) is 2.43. The number of benzene rings is 1. The number of ether oxygens (including phenoxy) is 1. The third-order valence-electron chi connectivity index (χ3n) is 4.94. The van der Waals surface area contributed by atoms with Crippen molar-refractivity contribution in [1.29, 1.82) is 0 Å². The molecular weight excluding hydrogens is 255 g/mol. The molecule has 1 atom stereocenters. The van der Waals surface area contributed by atoms with Gasteiger partial charge in [0, 0.05) is 12.0 Å². The van der Waals surface area contributed by atoms with Gasteiger partial charge in [-0.1, -0.05) is 19.8 Å². The summed E-state index contributed by atoms with van der Waals surface area (Å²) in [4.78, 5) is 0. The van der Waals surface area contributed by atoms with E-state index in [4.69, 9.17) is 4.74 Å². The normalized spacial score (nSPS) is 32.8. The summed E-state index contributed by atoms with van der Waals surface area (Å²) in [7, 11) is 0. The highest BCUT2D eigenvalue weighted by Crippen LogP contribution is 2.47. The van der Waals surface area contributed by atoms with Crippen molar-refractivity contribution in [2.75, 3.05) is 0 Å². The molecule has 1 N–H and O–H groups in total. The molecule has 3 rings (SSSR count). The molecule has 3 heteroatoms. The molecule has 1 fully saturated rings. The van der Waals surface area contributed by atoms with E-state index in [9.17, 15) is 9.50 Å². The molecule has 0 saturated heterocycles. The Labute approximate surface area is 120 Å². The fraction of sp³-hybridized carbons (Fsp3) is 0.647. The van der Waals surface area contributed by atoms with Gasteiger partial charge in [0.25, 0.3) is 0 Å². The van der Waals surface area contributed by atoms with Gasteiger partial charge < -0.3 is 9.84 Å². The van der Waals surface area contributed by atoms with Gasteiger partial charge in [0.15, 0.2) is 0 Å². The Balaban J connectivity index is 1.76.